The van der Waals surface area contributed by atoms with Gasteiger partial charge < -0.3 is 19.8 Å². The first kappa shape index (κ1) is 15.1. The van der Waals surface area contributed by atoms with Crippen LogP contribution in [0.3, 0.4) is 0 Å². The molecule has 0 aliphatic rings. The smallest absolute Gasteiger partial charge is 0.358 e. The largest absolute Gasteiger partial charge is 0.476 e. The molecule has 2 rings (SSSR count). The summed E-state index contributed by atoms with van der Waals surface area (Å²) in [7, 11) is 3.20. The maximum absolute atomic E-state index is 11.4. The molecule has 112 valence electrons. The number of carbonyl (C=O) groups is 1. The van der Waals surface area contributed by atoms with Gasteiger partial charge in [-0.3, -0.25) is 0 Å². The Hall–Kier alpha value is -2.25. The summed E-state index contributed by atoms with van der Waals surface area (Å²) >= 11 is 0. The normalized spacial score (nSPS) is 12.3. The molecule has 1 unspecified atom stereocenters. The van der Waals surface area contributed by atoms with E-state index in [2.05, 4.69) is 10.2 Å². The maximum Gasteiger partial charge on any atom is 0.358 e. The van der Waals surface area contributed by atoms with E-state index < -0.39 is 12.1 Å². The lowest BCUT2D eigenvalue weighted by Gasteiger charge is -2.24. The van der Waals surface area contributed by atoms with Gasteiger partial charge in [0.1, 0.15) is 0 Å². The van der Waals surface area contributed by atoms with Gasteiger partial charge in [0.15, 0.2) is 5.69 Å². The van der Waals surface area contributed by atoms with Crippen molar-refractivity contribution in [3.05, 3.63) is 30.0 Å². The van der Waals surface area contributed by atoms with Crippen molar-refractivity contribution in [1.82, 2.24) is 10.2 Å². The summed E-state index contributed by atoms with van der Waals surface area (Å²) in [5, 5.41) is 27.5. The second kappa shape index (κ2) is 6.47. The van der Waals surface area contributed by atoms with Crippen LogP contribution in [0.25, 0.3) is 10.9 Å². The summed E-state index contributed by atoms with van der Waals surface area (Å²) in [5.41, 5.74) is 0.898. The second-order valence-corrected chi connectivity index (χ2v) is 4.71. The monoisotopic (exact) mass is 291 g/mol. The highest BCUT2D eigenvalue weighted by Gasteiger charge is 2.21. The van der Waals surface area contributed by atoms with E-state index >= 15 is 0 Å². The first-order valence-corrected chi connectivity index (χ1v) is 6.41. The van der Waals surface area contributed by atoms with E-state index in [0.29, 0.717) is 16.6 Å². The van der Waals surface area contributed by atoms with Crippen LogP contribution in [0.15, 0.2) is 24.3 Å². The van der Waals surface area contributed by atoms with Gasteiger partial charge in [0.05, 0.1) is 23.9 Å². The highest BCUT2D eigenvalue weighted by molar-refractivity contribution is 6.02. The van der Waals surface area contributed by atoms with Crippen LogP contribution in [0, 0.1) is 0 Å². The van der Waals surface area contributed by atoms with Gasteiger partial charge in [-0.1, -0.05) is 18.2 Å². The fourth-order valence-electron chi connectivity index (χ4n) is 2.22. The van der Waals surface area contributed by atoms with Crippen molar-refractivity contribution in [2.24, 2.45) is 0 Å². The second-order valence-electron chi connectivity index (χ2n) is 4.71. The molecule has 0 aliphatic carbocycles. The van der Waals surface area contributed by atoms with Crippen LogP contribution in [0.1, 0.15) is 10.5 Å². The average Bonchev–Trinajstić information content (AvgIpc) is 2.45. The standard InChI is InChI=1S/C14H17N3O4/c1-17(7-9(18)8-21-2)13-10-5-3-4-6-11(10)15-16-12(13)14(19)20/h3-6,9,18H,7-8H2,1-2H3,(H,19,20). The zero-order valence-corrected chi connectivity index (χ0v) is 11.9. The molecule has 0 spiro atoms. The first-order chi connectivity index (χ1) is 10.0. The van der Waals surface area contributed by atoms with E-state index in [1.54, 1.807) is 36.2 Å². The Bertz CT molecular complexity index is 647. The summed E-state index contributed by atoms with van der Waals surface area (Å²) < 4.78 is 4.88. The van der Waals surface area contributed by atoms with Crippen molar-refractivity contribution in [3.63, 3.8) is 0 Å². The first-order valence-electron chi connectivity index (χ1n) is 6.41. The molecule has 7 nitrogen and oxygen atoms in total. The third-order valence-electron chi connectivity index (χ3n) is 3.07. The van der Waals surface area contributed by atoms with E-state index in [1.807, 2.05) is 0 Å². The molecule has 0 saturated heterocycles. The average molecular weight is 291 g/mol. The molecule has 0 saturated carbocycles. The number of nitrogens with zero attached hydrogens (tertiary/aromatic N) is 3. The highest BCUT2D eigenvalue weighted by Crippen LogP contribution is 2.27. The minimum Gasteiger partial charge on any atom is -0.476 e. The molecular formula is C14H17N3O4. The third kappa shape index (κ3) is 3.26. The van der Waals surface area contributed by atoms with Crippen LogP contribution in [-0.4, -0.2) is 59.8 Å². The number of carboxylic acids is 1. The number of fused-ring (bicyclic) bond motifs is 1. The maximum atomic E-state index is 11.4. The minimum atomic E-state index is -1.16. The van der Waals surface area contributed by atoms with Gasteiger partial charge in [-0.2, -0.15) is 0 Å². The molecule has 1 atom stereocenters. The lowest BCUT2D eigenvalue weighted by atomic mass is 10.1. The zero-order valence-electron chi connectivity index (χ0n) is 11.9. The van der Waals surface area contributed by atoms with Gasteiger partial charge in [0.2, 0.25) is 0 Å². The highest BCUT2D eigenvalue weighted by atomic mass is 16.5. The minimum absolute atomic E-state index is 0.138. The molecule has 0 radical (unpaired) electrons. The quantitative estimate of drug-likeness (QED) is 0.811. The zero-order chi connectivity index (χ0) is 15.4. The number of benzene rings is 1. The van der Waals surface area contributed by atoms with E-state index in [4.69, 9.17) is 4.74 Å². The molecule has 0 bridgehead atoms. The molecule has 1 heterocycles. The van der Waals surface area contributed by atoms with Gasteiger partial charge in [0.25, 0.3) is 0 Å². The van der Waals surface area contributed by atoms with Gasteiger partial charge in [0, 0.05) is 26.1 Å². The number of aliphatic hydroxyl groups is 1. The fourth-order valence-corrected chi connectivity index (χ4v) is 2.22. The lowest BCUT2D eigenvalue weighted by Crippen LogP contribution is -2.33. The van der Waals surface area contributed by atoms with Gasteiger partial charge >= 0.3 is 5.97 Å². The van der Waals surface area contributed by atoms with Gasteiger partial charge in [-0.25, -0.2) is 4.79 Å². The summed E-state index contributed by atoms with van der Waals surface area (Å²) in [6.45, 7) is 0.396. The Morgan fingerprint density at radius 3 is 2.76 bits per heavy atom. The van der Waals surface area contributed by atoms with Crippen molar-refractivity contribution in [3.8, 4) is 0 Å². The van der Waals surface area contributed by atoms with Crippen molar-refractivity contribution in [2.75, 3.05) is 32.2 Å². The Labute approximate surface area is 121 Å². The molecule has 1 aromatic heterocycles. The number of aromatic nitrogens is 2. The summed E-state index contributed by atoms with van der Waals surface area (Å²) in [5.74, 6) is -1.16. The number of likely N-dealkylation sites (N-methyl/N-ethyl adjacent to an activating group) is 1. The predicted octanol–water partition coefficient (Wildman–Crippen LogP) is 0.771. The molecule has 0 fully saturated rings. The third-order valence-corrected chi connectivity index (χ3v) is 3.07. The Balaban J connectivity index is 2.48. The molecule has 7 heteroatoms. The Kier molecular flexibility index (Phi) is 4.66. The van der Waals surface area contributed by atoms with E-state index in [0.717, 1.165) is 0 Å². The number of hydrogen-bond donors (Lipinski definition) is 2. The number of carboxylic acid groups (broad SMARTS) is 1. The molecule has 0 amide bonds. The van der Waals surface area contributed by atoms with Gasteiger partial charge in [-0.15, -0.1) is 10.2 Å². The molecule has 0 aliphatic heterocycles. The van der Waals surface area contributed by atoms with E-state index in [-0.39, 0.29) is 18.8 Å². The van der Waals surface area contributed by atoms with Crippen molar-refractivity contribution < 1.29 is 19.7 Å². The number of hydrogen-bond acceptors (Lipinski definition) is 6. The Morgan fingerprint density at radius 2 is 2.10 bits per heavy atom. The number of aromatic carboxylic acids is 1. The Morgan fingerprint density at radius 1 is 1.38 bits per heavy atom. The lowest BCUT2D eigenvalue weighted by molar-refractivity contribution is 0.0676. The number of ether oxygens (including phenoxy) is 1. The molecular weight excluding hydrogens is 274 g/mol. The summed E-state index contributed by atoms with van der Waals surface area (Å²) in [6.07, 6.45) is -0.728. The molecule has 21 heavy (non-hydrogen) atoms. The van der Waals surface area contributed by atoms with Crippen LogP contribution in [0.2, 0.25) is 0 Å². The van der Waals surface area contributed by atoms with Crippen LogP contribution in [0.4, 0.5) is 5.69 Å². The summed E-state index contributed by atoms with van der Waals surface area (Å²) in [6, 6.07) is 7.15. The van der Waals surface area contributed by atoms with Crippen LogP contribution >= 0.6 is 0 Å². The van der Waals surface area contributed by atoms with Crippen molar-refractivity contribution >= 4 is 22.6 Å². The van der Waals surface area contributed by atoms with E-state index in [9.17, 15) is 15.0 Å². The van der Waals surface area contributed by atoms with E-state index in [1.165, 1.54) is 7.11 Å². The molecule has 2 N–H and O–H groups in total. The number of anilines is 1. The van der Waals surface area contributed by atoms with Gasteiger partial charge in [-0.05, 0) is 6.07 Å². The summed E-state index contributed by atoms with van der Waals surface area (Å²) in [4.78, 5) is 13.0. The topological polar surface area (TPSA) is 95.8 Å². The number of rotatable bonds is 6. The SMILES string of the molecule is COCC(O)CN(C)c1c(C(=O)O)nnc2ccccc12. The van der Waals surface area contributed by atoms with Crippen LogP contribution in [-0.2, 0) is 4.74 Å². The van der Waals surface area contributed by atoms with Crippen molar-refractivity contribution in [2.45, 2.75) is 6.10 Å². The fraction of sp³-hybridized carbons (Fsp3) is 0.357. The number of methoxy groups -OCH3 is 1. The number of aliphatic hydroxyl groups excluding tert-OH is 1. The molecule has 1 aromatic carbocycles. The van der Waals surface area contributed by atoms with Crippen LogP contribution in [0.5, 0.6) is 0 Å². The van der Waals surface area contributed by atoms with Crippen molar-refractivity contribution in [1.29, 1.82) is 0 Å². The van der Waals surface area contributed by atoms with Crippen LogP contribution < -0.4 is 4.90 Å². The predicted molar refractivity (Wildman–Crippen MR) is 77.7 cm³/mol. The molecule has 2 aromatic rings.